The van der Waals surface area contributed by atoms with Gasteiger partial charge in [-0.05, 0) is 55.7 Å². The number of phenolic OH excluding ortho intramolecular Hbond substituents is 3. The number of rotatable bonds is 27. The number of aromatic nitrogens is 3. The lowest BCUT2D eigenvalue weighted by Crippen LogP contribution is -2.31. The van der Waals surface area contributed by atoms with Gasteiger partial charge in [-0.15, -0.1) is 0 Å². The monoisotopic (exact) mass is 873 g/mol. The first kappa shape index (κ1) is 48.8. The van der Waals surface area contributed by atoms with E-state index in [1.165, 1.54) is 72.5 Å². The zero-order valence-electron chi connectivity index (χ0n) is 38.3. The van der Waals surface area contributed by atoms with E-state index in [9.17, 15) is 15.3 Å². The van der Waals surface area contributed by atoms with Crippen molar-refractivity contribution in [3.05, 3.63) is 54.6 Å². The fourth-order valence-electron chi connectivity index (χ4n) is 8.86. The molecule has 1 heterocycles. The fraction of sp³-hybridized carbons (Fsp3) is 0.562. The molecule has 0 aliphatic heterocycles. The second-order valence-electron chi connectivity index (χ2n) is 16.9. The molecule has 0 saturated heterocycles. The van der Waals surface area contributed by atoms with Gasteiger partial charge in [0.05, 0.1) is 60.7 Å². The van der Waals surface area contributed by atoms with Gasteiger partial charge >= 0.3 is 0 Å². The Labute approximate surface area is 364 Å². The summed E-state index contributed by atoms with van der Waals surface area (Å²) in [5.41, 5.74) is 1.12. The smallest absolute Gasteiger partial charge is 0.167 e. The summed E-state index contributed by atoms with van der Waals surface area (Å²) in [5.74, 6) is 2.15. The van der Waals surface area contributed by atoms with Crippen LogP contribution in [0.5, 0.6) is 34.5 Å². The van der Waals surface area contributed by atoms with Gasteiger partial charge in [-0.3, -0.25) is 0 Å². The first-order valence-corrected chi connectivity index (χ1v) is 31.5. The van der Waals surface area contributed by atoms with Crippen molar-refractivity contribution < 1.29 is 29.5 Å². The Morgan fingerprint density at radius 1 is 0.383 bits per heavy atom. The molecule has 0 amide bonds. The van der Waals surface area contributed by atoms with Gasteiger partial charge < -0.3 is 29.5 Å². The van der Waals surface area contributed by atoms with Crippen molar-refractivity contribution in [1.29, 1.82) is 0 Å². The fourth-order valence-corrected chi connectivity index (χ4v) is 19.2. The van der Waals surface area contributed by atoms with Gasteiger partial charge in [0.25, 0.3) is 0 Å². The molecule has 0 radical (unpaired) electrons. The third-order valence-electron chi connectivity index (χ3n) is 14.4. The maximum absolute atomic E-state index is 11.3. The lowest BCUT2D eigenvalue weighted by Gasteiger charge is -2.27. The number of ether oxygens (including phenoxy) is 3. The predicted octanol–water partition coefficient (Wildman–Crippen LogP) is 13.8. The van der Waals surface area contributed by atoms with Crippen LogP contribution in [0.3, 0.4) is 0 Å². The van der Waals surface area contributed by atoms with Crippen LogP contribution in [0.2, 0.25) is 72.5 Å². The largest absolute Gasteiger partial charge is 0.507 e. The molecule has 0 saturated carbocycles. The Hall–Kier alpha value is -3.88. The lowest BCUT2D eigenvalue weighted by atomic mass is 10.1. The van der Waals surface area contributed by atoms with E-state index in [2.05, 4.69) is 62.3 Å². The Morgan fingerprint density at radius 2 is 0.617 bits per heavy atom. The molecule has 0 aliphatic carbocycles. The molecule has 0 spiro atoms. The molecule has 4 aromatic rings. The van der Waals surface area contributed by atoms with E-state index in [4.69, 9.17) is 29.2 Å². The molecule has 0 atom stereocenters. The summed E-state index contributed by atoms with van der Waals surface area (Å²) in [6.45, 7) is 22.7. The summed E-state index contributed by atoms with van der Waals surface area (Å²) in [5, 5.41) is 34.0. The summed E-state index contributed by atoms with van der Waals surface area (Å²) in [6.07, 6.45) is 2.97. The van der Waals surface area contributed by atoms with Gasteiger partial charge in [-0.25, -0.2) is 15.0 Å². The standard InChI is InChI=1S/C48H75N3O6Si3/c1-10-58(11-2,12-3)31-19-28-55-37-22-25-40(43(52)34-37)46-49-47(41-26-23-38(35-44(41)53)56-29-20-32-59(13-4,14-5)15-6)51-48(50-46)42-27-24-39(36-45(42)54)57-30-21-33-60(16-7,17-8)18-9/h22-27,34-36,52-54H,10-21,28-33H2,1-9H3. The van der Waals surface area contributed by atoms with E-state index in [1.807, 2.05) is 18.2 Å². The summed E-state index contributed by atoms with van der Waals surface area (Å²) < 4.78 is 18.3. The zero-order valence-corrected chi connectivity index (χ0v) is 41.3. The van der Waals surface area contributed by atoms with Crippen LogP contribution >= 0.6 is 0 Å². The SMILES string of the molecule is CC[Si](CC)(CC)CCCOc1ccc(-c2nc(-c3ccc(OCCC[Si](CC)(CC)CC)cc3O)nc(-c3ccc(OCCC[Si](CC)(CC)CC)cc3O)n2)c(O)c1. The van der Waals surface area contributed by atoms with E-state index in [1.54, 1.807) is 36.4 Å². The van der Waals surface area contributed by atoms with Crippen LogP contribution in [0.15, 0.2) is 54.6 Å². The number of aromatic hydroxyl groups is 3. The Bertz CT molecular complexity index is 1680. The minimum Gasteiger partial charge on any atom is -0.507 e. The lowest BCUT2D eigenvalue weighted by molar-refractivity contribution is 0.314. The van der Waals surface area contributed by atoms with Gasteiger partial charge in [-0.1, -0.05) is 135 Å². The molecule has 0 bridgehead atoms. The molecule has 330 valence electrons. The highest BCUT2D eigenvalue weighted by Crippen LogP contribution is 2.38. The topological polar surface area (TPSA) is 127 Å². The van der Waals surface area contributed by atoms with Crippen LogP contribution in [0.1, 0.15) is 81.6 Å². The van der Waals surface area contributed by atoms with Gasteiger partial charge in [0.1, 0.15) is 34.5 Å². The molecule has 9 nitrogen and oxygen atoms in total. The van der Waals surface area contributed by atoms with Crippen LogP contribution in [0.25, 0.3) is 34.2 Å². The molecular formula is C48H75N3O6Si3. The highest BCUT2D eigenvalue weighted by atomic mass is 28.3. The molecule has 3 N–H and O–H groups in total. The quantitative estimate of drug-likeness (QED) is 0.0396. The van der Waals surface area contributed by atoms with Gasteiger partial charge in [0.15, 0.2) is 17.5 Å². The highest BCUT2D eigenvalue weighted by molar-refractivity contribution is 6.80. The van der Waals surface area contributed by atoms with Crippen molar-refractivity contribution in [3.8, 4) is 68.7 Å². The molecule has 60 heavy (non-hydrogen) atoms. The molecule has 1 aromatic heterocycles. The third-order valence-corrected chi connectivity index (χ3v) is 32.1. The number of hydrogen-bond donors (Lipinski definition) is 3. The van der Waals surface area contributed by atoms with E-state index < -0.39 is 24.2 Å². The molecule has 4 rings (SSSR count). The van der Waals surface area contributed by atoms with Crippen molar-refractivity contribution in [2.75, 3.05) is 19.8 Å². The Morgan fingerprint density at radius 3 is 0.817 bits per heavy atom. The van der Waals surface area contributed by atoms with Crippen molar-refractivity contribution in [3.63, 3.8) is 0 Å². The summed E-state index contributed by atoms with van der Waals surface area (Å²) in [4.78, 5) is 14.3. The Kier molecular flexibility index (Phi) is 19.0. The molecule has 0 fully saturated rings. The van der Waals surface area contributed by atoms with E-state index in [0.717, 1.165) is 19.3 Å². The number of nitrogens with zero attached hydrogens (tertiary/aromatic N) is 3. The van der Waals surface area contributed by atoms with Gasteiger partial charge in [0.2, 0.25) is 0 Å². The molecule has 12 heteroatoms. The van der Waals surface area contributed by atoms with E-state index in [-0.39, 0.29) is 34.7 Å². The number of phenols is 3. The van der Waals surface area contributed by atoms with Crippen LogP contribution in [0, 0.1) is 0 Å². The summed E-state index contributed by atoms with van der Waals surface area (Å²) >= 11 is 0. The van der Waals surface area contributed by atoms with Crippen LogP contribution < -0.4 is 14.2 Å². The maximum atomic E-state index is 11.3. The second-order valence-corrected chi connectivity index (χ2v) is 33.7. The van der Waals surface area contributed by atoms with Crippen LogP contribution in [-0.4, -0.2) is 74.3 Å². The minimum absolute atomic E-state index is 0.0430. The summed E-state index contributed by atoms with van der Waals surface area (Å²) in [7, 11) is -3.71. The van der Waals surface area contributed by atoms with Gasteiger partial charge in [-0.2, -0.15) is 0 Å². The maximum Gasteiger partial charge on any atom is 0.167 e. The normalized spacial score (nSPS) is 12.2. The average Bonchev–Trinajstić information content (AvgIpc) is 3.27. The van der Waals surface area contributed by atoms with Crippen molar-refractivity contribution in [2.24, 2.45) is 0 Å². The summed E-state index contributed by atoms with van der Waals surface area (Å²) in [6, 6.07) is 30.7. The molecule has 3 aromatic carbocycles. The minimum atomic E-state index is -1.24. The second kappa shape index (κ2) is 23.4. The Balaban J connectivity index is 1.61. The van der Waals surface area contributed by atoms with Crippen LogP contribution in [0.4, 0.5) is 0 Å². The van der Waals surface area contributed by atoms with E-state index >= 15 is 0 Å². The van der Waals surface area contributed by atoms with E-state index in [0.29, 0.717) is 53.8 Å². The number of hydrogen-bond acceptors (Lipinski definition) is 9. The van der Waals surface area contributed by atoms with Gasteiger partial charge in [0, 0.05) is 18.2 Å². The van der Waals surface area contributed by atoms with Crippen molar-refractivity contribution >= 4 is 24.2 Å². The first-order valence-electron chi connectivity index (χ1n) is 23.1. The predicted molar refractivity (Wildman–Crippen MR) is 257 cm³/mol. The average molecular weight is 874 g/mol. The van der Waals surface area contributed by atoms with Crippen molar-refractivity contribution in [2.45, 2.75) is 154 Å². The number of benzene rings is 3. The highest BCUT2D eigenvalue weighted by Gasteiger charge is 2.28. The molecular weight excluding hydrogens is 799 g/mol. The third kappa shape index (κ3) is 12.6. The molecule has 0 aliphatic rings. The first-order chi connectivity index (χ1) is 28.9. The molecule has 0 unspecified atom stereocenters. The zero-order chi connectivity index (χ0) is 43.8. The van der Waals surface area contributed by atoms with Crippen LogP contribution in [-0.2, 0) is 0 Å². The van der Waals surface area contributed by atoms with Crippen molar-refractivity contribution in [1.82, 2.24) is 15.0 Å².